The van der Waals surface area contributed by atoms with Gasteiger partial charge in [-0.15, -0.1) is 0 Å². The van der Waals surface area contributed by atoms with Crippen molar-refractivity contribution in [3.8, 4) is 0 Å². The highest BCUT2D eigenvalue weighted by Gasteiger charge is 2.26. The lowest BCUT2D eigenvalue weighted by molar-refractivity contribution is -0.116. The summed E-state index contributed by atoms with van der Waals surface area (Å²) in [5.41, 5.74) is 1.62. The molecule has 1 atom stereocenters. The van der Waals surface area contributed by atoms with Crippen molar-refractivity contribution in [2.45, 2.75) is 43.4 Å². The average Bonchev–Trinajstić information content (AvgIpc) is 2.69. The molecular formula is C21H26N2O3S. The van der Waals surface area contributed by atoms with Crippen molar-refractivity contribution in [2.75, 3.05) is 18.4 Å². The predicted octanol–water partition coefficient (Wildman–Crippen LogP) is 3.99. The van der Waals surface area contributed by atoms with Gasteiger partial charge in [-0.25, -0.2) is 8.42 Å². The van der Waals surface area contributed by atoms with Gasteiger partial charge in [-0.3, -0.25) is 4.79 Å². The number of rotatable bonds is 6. The summed E-state index contributed by atoms with van der Waals surface area (Å²) in [6, 6.07) is 16.4. The van der Waals surface area contributed by atoms with Gasteiger partial charge in [0.1, 0.15) is 0 Å². The van der Waals surface area contributed by atoms with Crippen LogP contribution in [0.4, 0.5) is 5.69 Å². The molecule has 1 aliphatic heterocycles. The molecule has 0 saturated carbocycles. The first kappa shape index (κ1) is 19.6. The van der Waals surface area contributed by atoms with Crippen LogP contribution in [-0.4, -0.2) is 31.7 Å². The molecule has 0 radical (unpaired) electrons. The number of nitrogens with zero attached hydrogens (tertiary/aromatic N) is 1. The number of hydrogen-bond acceptors (Lipinski definition) is 3. The molecule has 3 rings (SSSR count). The lowest BCUT2D eigenvalue weighted by Crippen LogP contribution is -2.35. The molecule has 0 bridgehead atoms. The summed E-state index contributed by atoms with van der Waals surface area (Å²) >= 11 is 0. The van der Waals surface area contributed by atoms with Crippen LogP contribution >= 0.6 is 0 Å². The quantitative estimate of drug-likeness (QED) is 0.816. The van der Waals surface area contributed by atoms with Crippen LogP contribution in [0.15, 0.2) is 59.5 Å². The summed E-state index contributed by atoms with van der Waals surface area (Å²) in [5, 5.41) is 2.84. The highest BCUT2D eigenvalue weighted by atomic mass is 32.2. The van der Waals surface area contributed by atoms with Crippen molar-refractivity contribution in [1.29, 1.82) is 0 Å². The van der Waals surface area contributed by atoms with Crippen LogP contribution in [0, 0.1) is 0 Å². The SMILES string of the molecule is C[C@@H](CC(=O)Nc1cccc(S(=O)(=O)N2CCCCC2)c1)c1ccccc1. The molecule has 1 heterocycles. The van der Waals surface area contributed by atoms with Crippen molar-refractivity contribution in [3.05, 3.63) is 60.2 Å². The van der Waals surface area contributed by atoms with Gasteiger partial charge in [0.25, 0.3) is 0 Å². The Morgan fingerprint density at radius 1 is 1.04 bits per heavy atom. The van der Waals surface area contributed by atoms with E-state index < -0.39 is 10.0 Å². The van der Waals surface area contributed by atoms with Gasteiger partial charge in [0, 0.05) is 25.2 Å². The Morgan fingerprint density at radius 2 is 1.74 bits per heavy atom. The number of carbonyl (C=O) groups excluding carboxylic acids is 1. The summed E-state index contributed by atoms with van der Waals surface area (Å²) in [7, 11) is -3.50. The van der Waals surface area contributed by atoms with E-state index in [-0.39, 0.29) is 16.7 Å². The monoisotopic (exact) mass is 386 g/mol. The maximum absolute atomic E-state index is 12.8. The van der Waals surface area contributed by atoms with E-state index in [1.165, 1.54) is 4.31 Å². The Bertz CT molecular complexity index is 875. The molecule has 1 aliphatic rings. The lowest BCUT2D eigenvalue weighted by atomic mass is 9.97. The van der Waals surface area contributed by atoms with E-state index in [0.717, 1.165) is 24.8 Å². The lowest BCUT2D eigenvalue weighted by Gasteiger charge is -2.26. The van der Waals surface area contributed by atoms with Gasteiger partial charge in [-0.2, -0.15) is 4.31 Å². The fourth-order valence-electron chi connectivity index (χ4n) is 3.38. The van der Waals surface area contributed by atoms with Crippen molar-refractivity contribution < 1.29 is 13.2 Å². The Morgan fingerprint density at radius 3 is 2.44 bits per heavy atom. The van der Waals surface area contributed by atoms with Gasteiger partial charge in [0.05, 0.1) is 4.90 Å². The normalized spacial score (nSPS) is 16.6. The van der Waals surface area contributed by atoms with Crippen LogP contribution in [0.1, 0.15) is 44.1 Å². The van der Waals surface area contributed by atoms with Gasteiger partial charge in [-0.1, -0.05) is 49.7 Å². The van der Waals surface area contributed by atoms with Crippen LogP contribution in [0.25, 0.3) is 0 Å². The molecule has 1 N–H and O–H groups in total. The van der Waals surface area contributed by atoms with Crippen LogP contribution in [0.5, 0.6) is 0 Å². The minimum atomic E-state index is -3.50. The average molecular weight is 387 g/mol. The first-order valence-electron chi connectivity index (χ1n) is 9.42. The van der Waals surface area contributed by atoms with Gasteiger partial charge in [-0.05, 0) is 42.5 Å². The van der Waals surface area contributed by atoms with Crippen molar-refractivity contribution >= 4 is 21.6 Å². The number of carbonyl (C=O) groups is 1. The minimum Gasteiger partial charge on any atom is -0.326 e. The summed E-state index contributed by atoms with van der Waals surface area (Å²) in [6.07, 6.45) is 3.20. The Labute approximate surface area is 161 Å². The van der Waals surface area contributed by atoms with E-state index in [4.69, 9.17) is 0 Å². The molecule has 0 aromatic heterocycles. The fourth-order valence-corrected chi connectivity index (χ4v) is 4.94. The third kappa shape index (κ3) is 4.96. The highest BCUT2D eigenvalue weighted by Crippen LogP contribution is 2.24. The zero-order valence-corrected chi connectivity index (χ0v) is 16.4. The van der Waals surface area contributed by atoms with Crippen LogP contribution in [-0.2, 0) is 14.8 Å². The number of piperidine rings is 1. The molecule has 5 nitrogen and oxygen atoms in total. The molecule has 0 unspecified atom stereocenters. The maximum Gasteiger partial charge on any atom is 0.243 e. The Kier molecular flexibility index (Phi) is 6.29. The van der Waals surface area contributed by atoms with E-state index in [1.54, 1.807) is 24.3 Å². The van der Waals surface area contributed by atoms with Gasteiger partial charge >= 0.3 is 0 Å². The summed E-state index contributed by atoms with van der Waals surface area (Å²) < 4.78 is 27.1. The highest BCUT2D eigenvalue weighted by molar-refractivity contribution is 7.89. The van der Waals surface area contributed by atoms with Crippen molar-refractivity contribution in [2.24, 2.45) is 0 Å². The zero-order valence-electron chi connectivity index (χ0n) is 15.6. The number of nitrogens with one attached hydrogen (secondary N) is 1. The number of hydrogen-bond donors (Lipinski definition) is 1. The number of anilines is 1. The molecular weight excluding hydrogens is 360 g/mol. The van der Waals surface area contributed by atoms with Crippen molar-refractivity contribution in [1.82, 2.24) is 4.31 Å². The largest absolute Gasteiger partial charge is 0.326 e. The Hall–Kier alpha value is -2.18. The molecule has 2 aromatic rings. The summed E-state index contributed by atoms with van der Waals surface area (Å²) in [5.74, 6) is -0.0367. The van der Waals surface area contributed by atoms with Gasteiger partial charge < -0.3 is 5.32 Å². The second-order valence-electron chi connectivity index (χ2n) is 7.06. The smallest absolute Gasteiger partial charge is 0.243 e. The topological polar surface area (TPSA) is 66.5 Å². The molecule has 0 aliphatic carbocycles. The van der Waals surface area contributed by atoms with Crippen molar-refractivity contribution in [3.63, 3.8) is 0 Å². The standard InChI is InChI=1S/C21H26N2O3S/c1-17(18-9-4-2-5-10-18)15-21(24)22-19-11-8-12-20(16-19)27(25,26)23-13-6-3-7-14-23/h2,4-5,8-12,16-17H,3,6-7,13-15H2,1H3,(H,22,24)/t17-/m0/s1. The predicted molar refractivity (Wildman–Crippen MR) is 107 cm³/mol. The third-order valence-corrected chi connectivity index (χ3v) is 6.83. The van der Waals surface area contributed by atoms with Gasteiger partial charge in [0.2, 0.25) is 15.9 Å². The van der Waals surface area contributed by atoms with Gasteiger partial charge in [0.15, 0.2) is 0 Å². The molecule has 1 fully saturated rings. The Balaban J connectivity index is 1.67. The number of benzene rings is 2. The first-order valence-corrected chi connectivity index (χ1v) is 10.9. The van der Waals surface area contributed by atoms with Crippen LogP contribution in [0.2, 0.25) is 0 Å². The van der Waals surface area contributed by atoms with E-state index in [1.807, 2.05) is 37.3 Å². The van der Waals surface area contributed by atoms with E-state index in [2.05, 4.69) is 5.32 Å². The van der Waals surface area contributed by atoms with E-state index in [9.17, 15) is 13.2 Å². The molecule has 144 valence electrons. The molecule has 1 saturated heterocycles. The summed E-state index contributed by atoms with van der Waals surface area (Å²) in [4.78, 5) is 12.6. The number of sulfonamides is 1. The molecule has 2 aromatic carbocycles. The maximum atomic E-state index is 12.8. The van der Waals surface area contributed by atoms with Crippen LogP contribution < -0.4 is 5.32 Å². The fraction of sp³-hybridized carbons (Fsp3) is 0.381. The van der Waals surface area contributed by atoms with Crippen LogP contribution in [0.3, 0.4) is 0 Å². The third-order valence-electron chi connectivity index (χ3n) is 4.93. The molecule has 6 heteroatoms. The second-order valence-corrected chi connectivity index (χ2v) is 8.99. The summed E-state index contributed by atoms with van der Waals surface area (Å²) in [6.45, 7) is 3.13. The zero-order chi connectivity index (χ0) is 19.3. The first-order chi connectivity index (χ1) is 13.0. The molecule has 1 amide bonds. The van der Waals surface area contributed by atoms with E-state index >= 15 is 0 Å². The molecule has 0 spiro atoms. The second kappa shape index (κ2) is 8.67. The van der Waals surface area contributed by atoms with E-state index in [0.29, 0.717) is 25.2 Å². The molecule has 27 heavy (non-hydrogen) atoms. The number of amides is 1. The minimum absolute atomic E-state index is 0.0893.